The molecule has 1 aromatic heterocycles. The molecule has 5 heteroatoms. The number of anilines is 1. The summed E-state index contributed by atoms with van der Waals surface area (Å²) in [5, 5.41) is 8.63. The maximum atomic E-state index is 10.5. The number of carboxylic acids is 1. The first-order chi connectivity index (χ1) is 7.00. The lowest BCUT2D eigenvalue weighted by Crippen LogP contribution is -2.27. The summed E-state index contributed by atoms with van der Waals surface area (Å²) in [6.07, 6.45) is 1.65. The summed E-state index contributed by atoms with van der Waals surface area (Å²) in [6.45, 7) is 3.97. The average Bonchev–Trinajstić information content (AvgIpc) is 2.17. The average molecular weight is 209 g/mol. The zero-order valence-corrected chi connectivity index (χ0v) is 9.14. The van der Waals surface area contributed by atoms with Gasteiger partial charge in [0.05, 0.1) is 0 Å². The van der Waals surface area contributed by atoms with Crippen LogP contribution in [-0.4, -0.2) is 34.6 Å². The van der Waals surface area contributed by atoms with Gasteiger partial charge in [-0.3, -0.25) is 4.79 Å². The molecule has 0 unspecified atom stereocenters. The Bertz CT molecular complexity index is 352. The summed E-state index contributed by atoms with van der Waals surface area (Å²) < 4.78 is 0. The summed E-state index contributed by atoms with van der Waals surface area (Å²) in [5.74, 6) is -0.135. The standard InChI is InChI=1S/C10H15N3O2/c1-7(2)8-4-5-11-10(12-8)13(3)6-9(14)15/h4-5,7H,6H2,1-3H3,(H,14,15). The number of hydrogen-bond donors (Lipinski definition) is 1. The molecule has 15 heavy (non-hydrogen) atoms. The van der Waals surface area contributed by atoms with Gasteiger partial charge in [-0.15, -0.1) is 0 Å². The number of nitrogens with zero attached hydrogens (tertiary/aromatic N) is 3. The smallest absolute Gasteiger partial charge is 0.323 e. The van der Waals surface area contributed by atoms with Gasteiger partial charge >= 0.3 is 5.97 Å². The highest BCUT2D eigenvalue weighted by molar-refractivity contribution is 5.72. The normalized spacial score (nSPS) is 10.4. The van der Waals surface area contributed by atoms with Crippen molar-refractivity contribution < 1.29 is 9.90 Å². The van der Waals surface area contributed by atoms with E-state index in [4.69, 9.17) is 5.11 Å². The van der Waals surface area contributed by atoms with Crippen LogP contribution in [0.25, 0.3) is 0 Å². The van der Waals surface area contributed by atoms with Gasteiger partial charge in [0.15, 0.2) is 0 Å². The molecule has 5 nitrogen and oxygen atoms in total. The minimum Gasteiger partial charge on any atom is -0.480 e. The summed E-state index contributed by atoms with van der Waals surface area (Å²) in [5.41, 5.74) is 0.914. The molecule has 0 aliphatic heterocycles. The van der Waals surface area contributed by atoms with E-state index < -0.39 is 5.97 Å². The number of rotatable bonds is 4. The van der Waals surface area contributed by atoms with Crippen molar-refractivity contribution in [3.63, 3.8) is 0 Å². The van der Waals surface area contributed by atoms with Crippen LogP contribution in [0, 0.1) is 0 Å². The predicted octanol–water partition coefficient (Wildman–Crippen LogP) is 1.12. The Labute approximate surface area is 88.8 Å². The maximum absolute atomic E-state index is 10.5. The number of aliphatic carboxylic acids is 1. The molecule has 1 rings (SSSR count). The minimum absolute atomic E-state index is 0.0957. The van der Waals surface area contributed by atoms with Gasteiger partial charge in [-0.25, -0.2) is 9.97 Å². The van der Waals surface area contributed by atoms with Crippen molar-refractivity contribution in [3.8, 4) is 0 Å². The minimum atomic E-state index is -0.893. The first-order valence-corrected chi connectivity index (χ1v) is 4.76. The molecule has 0 aliphatic carbocycles. The highest BCUT2D eigenvalue weighted by Crippen LogP contribution is 2.13. The molecule has 0 aromatic carbocycles. The molecule has 0 aliphatic rings. The van der Waals surface area contributed by atoms with Crippen molar-refractivity contribution >= 4 is 11.9 Å². The van der Waals surface area contributed by atoms with Crippen molar-refractivity contribution in [3.05, 3.63) is 18.0 Å². The SMILES string of the molecule is CC(C)c1ccnc(N(C)CC(=O)O)n1. The third-order valence-corrected chi connectivity index (χ3v) is 1.97. The van der Waals surface area contributed by atoms with E-state index in [0.29, 0.717) is 11.9 Å². The molecule has 1 aromatic rings. The largest absolute Gasteiger partial charge is 0.480 e. The molecule has 0 radical (unpaired) electrons. The molecule has 1 N–H and O–H groups in total. The Morgan fingerprint density at radius 3 is 2.80 bits per heavy atom. The fraction of sp³-hybridized carbons (Fsp3) is 0.500. The van der Waals surface area contributed by atoms with E-state index in [-0.39, 0.29) is 6.54 Å². The van der Waals surface area contributed by atoms with E-state index in [2.05, 4.69) is 9.97 Å². The van der Waals surface area contributed by atoms with Crippen LogP contribution in [0.5, 0.6) is 0 Å². The van der Waals surface area contributed by atoms with Crippen molar-refractivity contribution in [2.45, 2.75) is 19.8 Å². The van der Waals surface area contributed by atoms with E-state index in [1.807, 2.05) is 19.9 Å². The van der Waals surface area contributed by atoms with E-state index in [9.17, 15) is 4.79 Å². The third kappa shape index (κ3) is 3.19. The van der Waals surface area contributed by atoms with Gasteiger partial charge in [0.25, 0.3) is 0 Å². The van der Waals surface area contributed by atoms with Crippen LogP contribution in [0.4, 0.5) is 5.95 Å². The molecule has 0 spiro atoms. The molecule has 0 saturated carbocycles. The predicted molar refractivity (Wildman–Crippen MR) is 57.0 cm³/mol. The van der Waals surface area contributed by atoms with Crippen LogP contribution in [-0.2, 0) is 4.79 Å². The second-order valence-electron chi connectivity index (χ2n) is 3.69. The summed E-state index contributed by atoms with van der Waals surface area (Å²) in [6, 6.07) is 1.84. The lowest BCUT2D eigenvalue weighted by Gasteiger charge is -2.15. The van der Waals surface area contributed by atoms with E-state index in [0.717, 1.165) is 5.69 Å². The molecule has 0 fully saturated rings. The molecule has 0 saturated heterocycles. The number of likely N-dealkylation sites (N-methyl/N-ethyl adjacent to an activating group) is 1. The van der Waals surface area contributed by atoms with Crippen LogP contribution in [0.2, 0.25) is 0 Å². The van der Waals surface area contributed by atoms with Gasteiger partial charge < -0.3 is 10.0 Å². The lowest BCUT2D eigenvalue weighted by atomic mass is 10.1. The number of carbonyl (C=O) groups is 1. The Morgan fingerprint density at radius 2 is 2.27 bits per heavy atom. The van der Waals surface area contributed by atoms with Gasteiger partial charge in [0.1, 0.15) is 6.54 Å². The second-order valence-corrected chi connectivity index (χ2v) is 3.69. The monoisotopic (exact) mass is 209 g/mol. The van der Waals surface area contributed by atoms with Crippen LogP contribution < -0.4 is 4.90 Å². The Hall–Kier alpha value is -1.65. The topological polar surface area (TPSA) is 66.3 Å². The quantitative estimate of drug-likeness (QED) is 0.804. The first-order valence-electron chi connectivity index (χ1n) is 4.76. The third-order valence-electron chi connectivity index (χ3n) is 1.97. The number of carboxylic acid groups (broad SMARTS) is 1. The molecular formula is C10H15N3O2. The number of hydrogen-bond acceptors (Lipinski definition) is 4. The lowest BCUT2D eigenvalue weighted by molar-refractivity contribution is -0.135. The molecular weight excluding hydrogens is 194 g/mol. The zero-order valence-electron chi connectivity index (χ0n) is 9.14. The van der Waals surface area contributed by atoms with E-state index >= 15 is 0 Å². The van der Waals surface area contributed by atoms with Crippen LogP contribution in [0.15, 0.2) is 12.3 Å². The van der Waals surface area contributed by atoms with Crippen LogP contribution >= 0.6 is 0 Å². The van der Waals surface area contributed by atoms with E-state index in [1.165, 1.54) is 4.90 Å². The first kappa shape index (κ1) is 11.4. The zero-order chi connectivity index (χ0) is 11.4. The van der Waals surface area contributed by atoms with Crippen molar-refractivity contribution in [1.82, 2.24) is 9.97 Å². The Kier molecular flexibility index (Phi) is 3.60. The van der Waals surface area contributed by atoms with Gasteiger partial charge in [-0.05, 0) is 12.0 Å². The Balaban J connectivity index is 2.85. The van der Waals surface area contributed by atoms with Crippen molar-refractivity contribution in [2.24, 2.45) is 0 Å². The van der Waals surface area contributed by atoms with Crippen LogP contribution in [0.3, 0.4) is 0 Å². The van der Waals surface area contributed by atoms with Crippen molar-refractivity contribution in [1.29, 1.82) is 0 Å². The van der Waals surface area contributed by atoms with Crippen molar-refractivity contribution in [2.75, 3.05) is 18.5 Å². The van der Waals surface area contributed by atoms with Gasteiger partial charge in [-0.2, -0.15) is 0 Å². The second kappa shape index (κ2) is 4.72. The highest BCUT2D eigenvalue weighted by atomic mass is 16.4. The van der Waals surface area contributed by atoms with Crippen LogP contribution in [0.1, 0.15) is 25.5 Å². The molecule has 0 bridgehead atoms. The van der Waals surface area contributed by atoms with Gasteiger partial charge in [-0.1, -0.05) is 13.8 Å². The summed E-state index contributed by atoms with van der Waals surface area (Å²) in [4.78, 5) is 20.3. The number of aromatic nitrogens is 2. The molecule has 0 amide bonds. The fourth-order valence-corrected chi connectivity index (χ4v) is 1.14. The Morgan fingerprint density at radius 1 is 1.60 bits per heavy atom. The van der Waals surface area contributed by atoms with E-state index in [1.54, 1.807) is 13.2 Å². The van der Waals surface area contributed by atoms with Gasteiger partial charge in [0.2, 0.25) is 5.95 Å². The molecule has 0 atom stereocenters. The maximum Gasteiger partial charge on any atom is 0.323 e. The fourth-order valence-electron chi connectivity index (χ4n) is 1.14. The summed E-state index contributed by atoms with van der Waals surface area (Å²) in [7, 11) is 1.66. The summed E-state index contributed by atoms with van der Waals surface area (Å²) >= 11 is 0. The highest BCUT2D eigenvalue weighted by Gasteiger charge is 2.09. The molecule has 82 valence electrons. The molecule has 1 heterocycles. The van der Waals surface area contributed by atoms with Gasteiger partial charge in [0, 0.05) is 18.9 Å².